The van der Waals surface area contributed by atoms with Crippen molar-refractivity contribution < 1.29 is 9.53 Å². The van der Waals surface area contributed by atoms with Crippen molar-refractivity contribution in [1.29, 1.82) is 0 Å². The van der Waals surface area contributed by atoms with E-state index in [1.54, 1.807) is 0 Å². The quantitative estimate of drug-likeness (QED) is 0.390. The molecule has 1 fully saturated rings. The monoisotopic (exact) mass is 152 g/mol. The van der Waals surface area contributed by atoms with Gasteiger partial charge in [0.25, 0.3) is 0 Å². The Hall–Kier alpha value is -0.970. The summed E-state index contributed by atoms with van der Waals surface area (Å²) in [5, 5.41) is 0. The molecule has 0 saturated heterocycles. The van der Waals surface area contributed by atoms with E-state index in [2.05, 4.69) is 16.8 Å². The number of rotatable bonds is 0. The molecule has 0 aromatic rings. The van der Waals surface area contributed by atoms with Crippen LogP contribution in [0.5, 0.6) is 0 Å². The second-order valence-corrected chi connectivity index (χ2v) is 2.82. The second-order valence-electron chi connectivity index (χ2n) is 2.82. The first-order chi connectivity index (χ1) is 5.29. The largest absolute Gasteiger partial charge is 0.372 e. The van der Waals surface area contributed by atoms with E-state index < -0.39 is 0 Å². The molecule has 1 saturated carbocycles. The van der Waals surface area contributed by atoms with Crippen molar-refractivity contribution in [3.05, 3.63) is 0 Å². The van der Waals surface area contributed by atoms with E-state index in [1.165, 1.54) is 19.8 Å². The van der Waals surface area contributed by atoms with Crippen molar-refractivity contribution in [3.63, 3.8) is 0 Å². The van der Waals surface area contributed by atoms with Crippen LogP contribution in [0.4, 0.5) is 0 Å². The summed E-state index contributed by atoms with van der Waals surface area (Å²) in [6, 6.07) is 0. The lowest BCUT2D eigenvalue weighted by Gasteiger charge is -1.93. The Balaban J connectivity index is 2.25. The highest BCUT2D eigenvalue weighted by atomic mass is 16.5. The zero-order chi connectivity index (χ0) is 8.10. The lowest BCUT2D eigenvalue weighted by Crippen LogP contribution is -1.92. The smallest absolute Gasteiger partial charge is 0.316 e. The number of ether oxygens (including phenoxy) is 1. The van der Waals surface area contributed by atoms with Gasteiger partial charge in [-0.05, 0) is 12.8 Å². The van der Waals surface area contributed by atoms with Crippen LogP contribution in [-0.2, 0) is 9.53 Å². The highest BCUT2D eigenvalue weighted by Crippen LogP contribution is 2.23. The number of esters is 1. The van der Waals surface area contributed by atoms with Gasteiger partial charge < -0.3 is 4.74 Å². The van der Waals surface area contributed by atoms with Crippen molar-refractivity contribution >= 4 is 5.97 Å². The van der Waals surface area contributed by atoms with Crippen molar-refractivity contribution in [2.24, 2.45) is 5.92 Å². The molecular formula is C9H12O2. The fourth-order valence-corrected chi connectivity index (χ4v) is 1.25. The summed E-state index contributed by atoms with van der Waals surface area (Å²) in [5.41, 5.74) is 0. The Labute approximate surface area is 66.9 Å². The van der Waals surface area contributed by atoms with Gasteiger partial charge >= 0.3 is 5.97 Å². The minimum absolute atomic E-state index is 0.324. The van der Waals surface area contributed by atoms with E-state index in [9.17, 15) is 4.79 Å². The molecule has 11 heavy (non-hydrogen) atoms. The van der Waals surface area contributed by atoms with Gasteiger partial charge in [0.05, 0.1) is 0 Å². The minimum Gasteiger partial charge on any atom is -0.372 e. The van der Waals surface area contributed by atoms with Gasteiger partial charge in [-0.3, -0.25) is 4.79 Å². The van der Waals surface area contributed by atoms with Crippen molar-refractivity contribution in [2.45, 2.75) is 32.6 Å². The maximum absolute atomic E-state index is 10.3. The fourth-order valence-electron chi connectivity index (χ4n) is 1.25. The van der Waals surface area contributed by atoms with Crippen molar-refractivity contribution in [2.75, 3.05) is 0 Å². The summed E-state index contributed by atoms with van der Waals surface area (Å²) < 4.78 is 4.50. The van der Waals surface area contributed by atoms with E-state index in [0.29, 0.717) is 5.92 Å². The van der Waals surface area contributed by atoms with Gasteiger partial charge in [0, 0.05) is 12.8 Å². The lowest BCUT2D eigenvalue weighted by molar-refractivity contribution is -0.134. The number of hydrogen-bond donors (Lipinski definition) is 0. The third-order valence-corrected chi connectivity index (χ3v) is 1.81. The zero-order valence-corrected chi connectivity index (χ0v) is 6.72. The van der Waals surface area contributed by atoms with E-state index in [1.807, 2.05) is 0 Å². The van der Waals surface area contributed by atoms with Crippen LogP contribution in [0.1, 0.15) is 32.6 Å². The van der Waals surface area contributed by atoms with Crippen molar-refractivity contribution in [1.82, 2.24) is 0 Å². The lowest BCUT2D eigenvalue weighted by atomic mass is 10.1. The standard InChI is InChI=1S/C9H12O2/c1-8(10)11-7-6-9-4-2-3-5-9/h9H,2-5H2,1H3. The first-order valence-corrected chi connectivity index (χ1v) is 3.97. The predicted octanol–water partition coefficient (Wildman–Crippen LogP) is 1.70. The molecular weight excluding hydrogens is 140 g/mol. The van der Waals surface area contributed by atoms with Crippen LogP contribution in [0.25, 0.3) is 0 Å². The van der Waals surface area contributed by atoms with Gasteiger partial charge in [-0.2, -0.15) is 0 Å². The van der Waals surface area contributed by atoms with Crippen LogP contribution in [0.3, 0.4) is 0 Å². The van der Waals surface area contributed by atoms with Gasteiger partial charge in [-0.1, -0.05) is 18.8 Å². The molecule has 0 atom stereocenters. The molecule has 0 unspecified atom stereocenters. The first kappa shape index (κ1) is 8.13. The highest BCUT2D eigenvalue weighted by molar-refractivity contribution is 5.67. The third kappa shape index (κ3) is 3.08. The minimum atomic E-state index is -0.324. The Bertz CT molecular complexity index is 191. The number of carbonyl (C=O) groups excluding carboxylic acids is 1. The van der Waals surface area contributed by atoms with Gasteiger partial charge in [0.2, 0.25) is 0 Å². The van der Waals surface area contributed by atoms with Gasteiger partial charge in [0.15, 0.2) is 0 Å². The van der Waals surface area contributed by atoms with E-state index in [0.717, 1.165) is 12.8 Å². The van der Waals surface area contributed by atoms with Gasteiger partial charge in [-0.25, -0.2) is 0 Å². The molecule has 0 bridgehead atoms. The van der Waals surface area contributed by atoms with Crippen LogP contribution in [0.2, 0.25) is 0 Å². The Morgan fingerprint density at radius 2 is 2.09 bits per heavy atom. The van der Waals surface area contributed by atoms with Crippen LogP contribution >= 0.6 is 0 Å². The molecule has 0 aliphatic heterocycles. The van der Waals surface area contributed by atoms with Crippen LogP contribution in [0.15, 0.2) is 0 Å². The third-order valence-electron chi connectivity index (χ3n) is 1.81. The SMILES string of the molecule is CC(=O)OC#CC1CCCC1. The van der Waals surface area contributed by atoms with Gasteiger partial charge in [-0.15, -0.1) is 0 Å². The zero-order valence-electron chi connectivity index (χ0n) is 6.72. The molecule has 0 aromatic carbocycles. The fraction of sp³-hybridized carbons (Fsp3) is 0.667. The van der Waals surface area contributed by atoms with E-state index in [-0.39, 0.29) is 5.97 Å². The molecule has 0 radical (unpaired) electrons. The maximum Gasteiger partial charge on any atom is 0.316 e. The maximum atomic E-state index is 10.3. The summed E-state index contributed by atoms with van der Waals surface area (Å²) in [5.74, 6) is 3.06. The van der Waals surface area contributed by atoms with E-state index >= 15 is 0 Å². The predicted molar refractivity (Wildman–Crippen MR) is 41.5 cm³/mol. The Morgan fingerprint density at radius 1 is 1.45 bits per heavy atom. The first-order valence-electron chi connectivity index (χ1n) is 3.97. The van der Waals surface area contributed by atoms with Crippen LogP contribution < -0.4 is 0 Å². The Morgan fingerprint density at radius 3 is 2.64 bits per heavy atom. The van der Waals surface area contributed by atoms with Gasteiger partial charge in [0.1, 0.15) is 6.11 Å². The molecule has 1 aliphatic rings. The molecule has 60 valence electrons. The average molecular weight is 152 g/mol. The molecule has 2 nitrogen and oxygen atoms in total. The molecule has 0 amide bonds. The van der Waals surface area contributed by atoms with Crippen molar-refractivity contribution in [3.8, 4) is 12.0 Å². The second kappa shape index (κ2) is 4.02. The number of carbonyl (C=O) groups is 1. The number of hydrogen-bond acceptors (Lipinski definition) is 2. The van der Waals surface area contributed by atoms with Crippen LogP contribution in [0, 0.1) is 17.9 Å². The van der Waals surface area contributed by atoms with E-state index in [4.69, 9.17) is 0 Å². The highest BCUT2D eigenvalue weighted by Gasteiger charge is 2.11. The summed E-state index contributed by atoms with van der Waals surface area (Å²) >= 11 is 0. The molecule has 1 aliphatic carbocycles. The normalized spacial score (nSPS) is 17.2. The average Bonchev–Trinajstić information content (AvgIpc) is 2.39. The molecule has 0 N–H and O–H groups in total. The molecule has 0 heterocycles. The Kier molecular flexibility index (Phi) is 2.97. The summed E-state index contributed by atoms with van der Waals surface area (Å²) in [7, 11) is 0. The molecule has 2 heteroatoms. The summed E-state index contributed by atoms with van der Waals surface area (Å²) in [6.45, 7) is 1.36. The molecule has 1 rings (SSSR count). The summed E-state index contributed by atoms with van der Waals surface area (Å²) in [4.78, 5) is 10.3. The van der Waals surface area contributed by atoms with Crippen LogP contribution in [-0.4, -0.2) is 5.97 Å². The molecule has 0 spiro atoms. The summed E-state index contributed by atoms with van der Waals surface area (Å²) in [6.07, 6.45) is 7.28. The molecule has 0 aromatic heterocycles. The topological polar surface area (TPSA) is 26.3 Å².